The third-order valence-electron chi connectivity index (χ3n) is 3.75. The summed E-state index contributed by atoms with van der Waals surface area (Å²) in [6.45, 7) is 3.06. The molecule has 2 fully saturated rings. The minimum Gasteiger partial charge on any atom is -0.354 e. The highest BCUT2D eigenvalue weighted by Crippen LogP contribution is 2.22. The number of carbonyl (C=O) groups excluding carboxylic acids is 1. The molecule has 2 aliphatic rings. The van der Waals surface area contributed by atoms with Crippen LogP contribution in [0.1, 0.15) is 12.8 Å². The molecule has 1 unspecified atom stereocenters. The number of nitrogens with one attached hydrogen (secondary N) is 1. The van der Waals surface area contributed by atoms with Crippen LogP contribution in [0.15, 0.2) is 18.2 Å². The summed E-state index contributed by atoms with van der Waals surface area (Å²) in [6.07, 6.45) is 1.99. The zero-order valence-electron chi connectivity index (χ0n) is 10.7. The quantitative estimate of drug-likeness (QED) is 0.817. The van der Waals surface area contributed by atoms with E-state index in [9.17, 15) is 9.18 Å². The largest absolute Gasteiger partial charge is 0.354 e. The lowest BCUT2D eigenvalue weighted by Crippen LogP contribution is -2.49. The van der Waals surface area contributed by atoms with E-state index in [-0.39, 0.29) is 12.1 Å². The minimum absolute atomic E-state index is 0.0130. The second-order valence-corrected chi connectivity index (χ2v) is 4.99. The van der Waals surface area contributed by atoms with Crippen molar-refractivity contribution >= 4 is 11.8 Å². The predicted octanol–water partition coefficient (Wildman–Crippen LogP) is 1.21. The van der Waals surface area contributed by atoms with Gasteiger partial charge in [-0.15, -0.1) is 0 Å². The van der Waals surface area contributed by atoms with Gasteiger partial charge in [-0.2, -0.15) is 4.39 Å². The molecule has 5 nitrogen and oxygen atoms in total. The topological polar surface area (TPSA) is 48.5 Å². The summed E-state index contributed by atoms with van der Waals surface area (Å²) in [5.74, 6) is 0.197. The molecule has 3 rings (SSSR count). The van der Waals surface area contributed by atoms with Crippen LogP contribution in [0.5, 0.6) is 0 Å². The maximum absolute atomic E-state index is 13.2. The zero-order chi connectivity index (χ0) is 13.2. The van der Waals surface area contributed by atoms with E-state index < -0.39 is 5.95 Å². The van der Waals surface area contributed by atoms with Gasteiger partial charge in [-0.1, -0.05) is 6.07 Å². The molecule has 1 aromatic heterocycles. The Kier molecular flexibility index (Phi) is 3.23. The number of piperidine rings is 1. The van der Waals surface area contributed by atoms with E-state index in [2.05, 4.69) is 15.2 Å². The van der Waals surface area contributed by atoms with Crippen molar-refractivity contribution in [2.75, 3.05) is 31.1 Å². The highest BCUT2D eigenvalue weighted by Gasteiger charge is 2.31. The number of aromatic nitrogens is 1. The van der Waals surface area contributed by atoms with Crippen molar-refractivity contribution < 1.29 is 9.18 Å². The van der Waals surface area contributed by atoms with Crippen molar-refractivity contribution in [1.29, 1.82) is 0 Å². The molecular weight excluding hydrogens is 247 g/mol. The van der Waals surface area contributed by atoms with Crippen LogP contribution in [0.3, 0.4) is 0 Å². The van der Waals surface area contributed by atoms with Crippen molar-refractivity contribution in [3.05, 3.63) is 24.1 Å². The van der Waals surface area contributed by atoms with E-state index >= 15 is 0 Å². The summed E-state index contributed by atoms with van der Waals surface area (Å²) in [6, 6.07) is 5.04. The lowest BCUT2D eigenvalue weighted by atomic mass is 10.0. The monoisotopic (exact) mass is 264 g/mol. The van der Waals surface area contributed by atoms with Gasteiger partial charge in [0.2, 0.25) is 5.95 Å². The second kappa shape index (κ2) is 5.03. The molecule has 0 aromatic carbocycles. The molecule has 1 atom stereocenters. The summed E-state index contributed by atoms with van der Waals surface area (Å²) in [7, 11) is 0. The number of halogens is 1. The molecular formula is C13H17FN4O. The molecule has 1 N–H and O–H groups in total. The Morgan fingerprint density at radius 2 is 2.26 bits per heavy atom. The first-order valence-electron chi connectivity index (χ1n) is 6.66. The van der Waals surface area contributed by atoms with Crippen molar-refractivity contribution in [2.45, 2.75) is 18.9 Å². The van der Waals surface area contributed by atoms with Crippen LogP contribution in [0.2, 0.25) is 0 Å². The Labute approximate surface area is 111 Å². The van der Waals surface area contributed by atoms with E-state index in [1.807, 2.05) is 11.0 Å². The van der Waals surface area contributed by atoms with E-state index in [1.165, 1.54) is 6.07 Å². The molecule has 0 radical (unpaired) electrons. The van der Waals surface area contributed by atoms with E-state index in [1.54, 1.807) is 6.07 Å². The van der Waals surface area contributed by atoms with Crippen LogP contribution in [0, 0.1) is 5.95 Å². The lowest BCUT2D eigenvalue weighted by molar-refractivity contribution is 0.189. The van der Waals surface area contributed by atoms with Crippen molar-refractivity contribution in [3.8, 4) is 0 Å². The molecule has 1 aromatic rings. The number of rotatable bonds is 2. The molecule has 0 bridgehead atoms. The van der Waals surface area contributed by atoms with Crippen LogP contribution < -0.4 is 10.2 Å². The summed E-state index contributed by atoms with van der Waals surface area (Å²) in [5, 5.41) is 2.82. The average Bonchev–Trinajstić information content (AvgIpc) is 2.85. The smallest absolute Gasteiger partial charge is 0.317 e. The summed E-state index contributed by atoms with van der Waals surface area (Å²) in [4.78, 5) is 19.5. The van der Waals surface area contributed by atoms with Gasteiger partial charge >= 0.3 is 6.03 Å². The second-order valence-electron chi connectivity index (χ2n) is 4.99. The standard InChI is InChI=1S/C13H17FN4O/c14-11-4-1-5-12(16-11)17-7-2-3-10(9-17)18-8-6-15-13(18)19/h1,4-5,10H,2-3,6-9H2,(H,15,19). The Morgan fingerprint density at radius 3 is 3.00 bits per heavy atom. The summed E-state index contributed by atoms with van der Waals surface area (Å²) in [5.41, 5.74) is 0. The van der Waals surface area contributed by atoms with E-state index in [4.69, 9.17) is 0 Å². The molecule has 0 saturated carbocycles. The third kappa shape index (κ3) is 2.47. The van der Waals surface area contributed by atoms with Crippen LogP contribution in [-0.4, -0.2) is 48.1 Å². The molecule has 0 aliphatic carbocycles. The lowest BCUT2D eigenvalue weighted by Gasteiger charge is -2.37. The van der Waals surface area contributed by atoms with Crippen LogP contribution in [-0.2, 0) is 0 Å². The van der Waals surface area contributed by atoms with E-state index in [0.717, 1.165) is 32.5 Å². The van der Waals surface area contributed by atoms with E-state index in [0.29, 0.717) is 12.4 Å². The molecule has 19 heavy (non-hydrogen) atoms. The highest BCUT2D eigenvalue weighted by molar-refractivity contribution is 5.76. The normalized spacial score (nSPS) is 23.6. The highest BCUT2D eigenvalue weighted by atomic mass is 19.1. The number of pyridine rings is 1. The fraction of sp³-hybridized carbons (Fsp3) is 0.538. The van der Waals surface area contributed by atoms with Gasteiger partial charge < -0.3 is 15.1 Å². The van der Waals surface area contributed by atoms with Gasteiger partial charge in [0.25, 0.3) is 0 Å². The number of hydrogen-bond acceptors (Lipinski definition) is 3. The Morgan fingerprint density at radius 1 is 1.37 bits per heavy atom. The fourth-order valence-corrected chi connectivity index (χ4v) is 2.83. The average molecular weight is 264 g/mol. The van der Waals surface area contributed by atoms with Gasteiger partial charge in [0.1, 0.15) is 5.82 Å². The maximum atomic E-state index is 13.2. The minimum atomic E-state index is -0.460. The van der Waals surface area contributed by atoms with Crippen molar-refractivity contribution in [1.82, 2.24) is 15.2 Å². The predicted molar refractivity (Wildman–Crippen MR) is 69.5 cm³/mol. The molecule has 2 saturated heterocycles. The van der Waals surface area contributed by atoms with Crippen LogP contribution in [0.4, 0.5) is 15.0 Å². The molecule has 6 heteroatoms. The first kappa shape index (κ1) is 12.2. The number of nitrogens with zero attached hydrogens (tertiary/aromatic N) is 3. The fourth-order valence-electron chi connectivity index (χ4n) is 2.83. The molecule has 3 heterocycles. The molecule has 102 valence electrons. The first-order valence-corrected chi connectivity index (χ1v) is 6.66. The third-order valence-corrected chi connectivity index (χ3v) is 3.75. The Balaban J connectivity index is 1.72. The number of amides is 2. The van der Waals surface area contributed by atoms with Gasteiger partial charge in [0.05, 0.1) is 6.04 Å². The SMILES string of the molecule is O=C1NCCN1C1CCCN(c2cccc(F)n2)C1. The Bertz CT molecular complexity index is 481. The van der Waals surface area contributed by atoms with Crippen molar-refractivity contribution in [3.63, 3.8) is 0 Å². The van der Waals surface area contributed by atoms with Gasteiger partial charge in [-0.3, -0.25) is 0 Å². The first-order chi connectivity index (χ1) is 9.24. The Hall–Kier alpha value is -1.85. The maximum Gasteiger partial charge on any atom is 0.317 e. The molecule has 2 amide bonds. The number of hydrogen-bond donors (Lipinski definition) is 1. The number of urea groups is 1. The van der Waals surface area contributed by atoms with Gasteiger partial charge in [-0.05, 0) is 25.0 Å². The molecule has 2 aliphatic heterocycles. The number of carbonyl (C=O) groups is 1. The summed E-state index contributed by atoms with van der Waals surface area (Å²) < 4.78 is 13.2. The van der Waals surface area contributed by atoms with Crippen LogP contribution in [0.25, 0.3) is 0 Å². The van der Waals surface area contributed by atoms with Crippen molar-refractivity contribution in [2.24, 2.45) is 0 Å². The van der Waals surface area contributed by atoms with Crippen LogP contribution >= 0.6 is 0 Å². The van der Waals surface area contributed by atoms with Gasteiger partial charge in [0.15, 0.2) is 0 Å². The number of anilines is 1. The zero-order valence-corrected chi connectivity index (χ0v) is 10.7. The molecule has 0 spiro atoms. The van der Waals surface area contributed by atoms with Gasteiger partial charge in [-0.25, -0.2) is 9.78 Å². The van der Waals surface area contributed by atoms with Gasteiger partial charge in [0, 0.05) is 26.2 Å². The summed E-state index contributed by atoms with van der Waals surface area (Å²) >= 11 is 0.